The minimum Gasteiger partial charge on any atom is -0.444 e. The summed E-state index contributed by atoms with van der Waals surface area (Å²) in [4.78, 5) is 12.1. The van der Waals surface area contributed by atoms with E-state index < -0.39 is 0 Å². The summed E-state index contributed by atoms with van der Waals surface area (Å²) < 4.78 is 4.95. The molecule has 0 radical (unpaired) electrons. The van der Waals surface area contributed by atoms with Gasteiger partial charge in [0.05, 0.1) is 0 Å². The summed E-state index contributed by atoms with van der Waals surface area (Å²) in [5, 5.41) is 4.56. The van der Waals surface area contributed by atoms with Crippen LogP contribution in [0.15, 0.2) is 17.5 Å². The highest BCUT2D eigenvalue weighted by Crippen LogP contribution is 2.09. The minimum absolute atomic E-state index is 0.339. The van der Waals surface area contributed by atoms with Crippen LogP contribution >= 0.6 is 11.3 Å². The molecule has 0 spiro atoms. The van der Waals surface area contributed by atoms with E-state index >= 15 is 0 Å². The van der Waals surface area contributed by atoms with E-state index in [9.17, 15) is 4.79 Å². The first kappa shape index (κ1) is 11.0. The molecule has 0 unspecified atom stereocenters. The van der Waals surface area contributed by atoms with Crippen LogP contribution in [0.3, 0.4) is 0 Å². The Labute approximate surface area is 87.1 Å². The van der Waals surface area contributed by atoms with Crippen LogP contribution in [0.4, 0.5) is 4.79 Å². The molecule has 3 N–H and O–H groups in total. The monoisotopic (exact) mass is 214 g/mol. The summed E-state index contributed by atoms with van der Waals surface area (Å²) in [6.07, 6.45) is 0.389. The molecule has 5 heteroatoms. The molecule has 1 rings (SSSR count). The fourth-order valence-electron chi connectivity index (χ4n) is 0.875. The number of amides is 1. The molecule has 4 nitrogen and oxygen atoms in total. The molecule has 0 aliphatic rings. The first-order valence-corrected chi connectivity index (χ1v) is 5.34. The summed E-state index contributed by atoms with van der Waals surface area (Å²) in [5.41, 5.74) is 5.28. The molecule has 0 aliphatic heterocycles. The maximum atomic E-state index is 11.0. The fraction of sp³-hybridized carbons (Fsp3) is 0.444. The molecule has 1 aromatic rings. The standard InChI is InChI=1S/C9H14N2O2S/c10-4-2-5-11-9(12)13-7-8-3-1-6-14-8/h1,3,6H,2,4-5,7,10H2,(H,11,12). The van der Waals surface area contributed by atoms with E-state index in [1.54, 1.807) is 11.3 Å². The highest BCUT2D eigenvalue weighted by molar-refractivity contribution is 7.09. The van der Waals surface area contributed by atoms with E-state index in [1.807, 2.05) is 17.5 Å². The van der Waals surface area contributed by atoms with Crippen LogP contribution in [-0.2, 0) is 11.3 Å². The highest BCUT2D eigenvalue weighted by Gasteiger charge is 2.01. The first-order valence-electron chi connectivity index (χ1n) is 4.46. The Morgan fingerprint density at radius 1 is 1.64 bits per heavy atom. The topological polar surface area (TPSA) is 64.3 Å². The van der Waals surface area contributed by atoms with E-state index in [0.29, 0.717) is 19.7 Å². The van der Waals surface area contributed by atoms with Crippen LogP contribution in [0.25, 0.3) is 0 Å². The van der Waals surface area contributed by atoms with Crippen molar-refractivity contribution in [1.82, 2.24) is 5.32 Å². The molecule has 78 valence electrons. The number of nitrogens with one attached hydrogen (secondary N) is 1. The Balaban J connectivity index is 2.09. The molecule has 1 heterocycles. The molecule has 0 bridgehead atoms. The molecule has 0 fully saturated rings. The number of carbonyl (C=O) groups excluding carboxylic acids is 1. The van der Waals surface area contributed by atoms with Crippen LogP contribution in [-0.4, -0.2) is 19.2 Å². The Hall–Kier alpha value is -1.07. The largest absolute Gasteiger partial charge is 0.444 e. The number of hydrogen-bond acceptors (Lipinski definition) is 4. The minimum atomic E-state index is -0.383. The highest BCUT2D eigenvalue weighted by atomic mass is 32.1. The fourth-order valence-corrected chi connectivity index (χ4v) is 1.49. The van der Waals surface area contributed by atoms with Gasteiger partial charge in [-0.25, -0.2) is 4.79 Å². The number of hydrogen-bond donors (Lipinski definition) is 2. The third-order valence-corrected chi connectivity index (χ3v) is 2.43. The Morgan fingerprint density at radius 3 is 3.14 bits per heavy atom. The number of carbonyl (C=O) groups is 1. The molecule has 1 aromatic heterocycles. The van der Waals surface area contributed by atoms with Crippen molar-refractivity contribution in [3.63, 3.8) is 0 Å². The smallest absolute Gasteiger partial charge is 0.407 e. The second kappa shape index (κ2) is 6.39. The van der Waals surface area contributed by atoms with E-state index in [4.69, 9.17) is 10.5 Å². The number of thiophene rings is 1. The van der Waals surface area contributed by atoms with Crippen molar-refractivity contribution in [2.24, 2.45) is 5.73 Å². The lowest BCUT2D eigenvalue weighted by atomic mass is 10.4. The van der Waals surface area contributed by atoms with E-state index in [2.05, 4.69) is 5.32 Å². The quantitative estimate of drug-likeness (QED) is 0.727. The average Bonchev–Trinajstić information content (AvgIpc) is 2.68. The molecule has 14 heavy (non-hydrogen) atoms. The van der Waals surface area contributed by atoms with Gasteiger partial charge in [0.1, 0.15) is 6.61 Å². The first-order chi connectivity index (χ1) is 6.83. The second-order valence-corrected chi connectivity index (χ2v) is 3.76. The zero-order valence-corrected chi connectivity index (χ0v) is 8.68. The van der Waals surface area contributed by atoms with Gasteiger partial charge in [0.15, 0.2) is 0 Å². The molecule has 0 atom stereocenters. The van der Waals surface area contributed by atoms with Crippen LogP contribution in [0.1, 0.15) is 11.3 Å². The SMILES string of the molecule is NCCCNC(=O)OCc1cccs1. The third kappa shape index (κ3) is 4.25. The molecule has 1 amide bonds. The van der Waals surface area contributed by atoms with Gasteiger partial charge in [0.25, 0.3) is 0 Å². The Kier molecular flexibility index (Phi) is 5.03. The van der Waals surface area contributed by atoms with Crippen LogP contribution in [0.2, 0.25) is 0 Å². The van der Waals surface area contributed by atoms with Crippen molar-refractivity contribution in [2.45, 2.75) is 13.0 Å². The number of nitrogens with two attached hydrogens (primary N) is 1. The van der Waals surface area contributed by atoms with Crippen molar-refractivity contribution in [1.29, 1.82) is 0 Å². The van der Waals surface area contributed by atoms with Crippen molar-refractivity contribution >= 4 is 17.4 Å². The molecular formula is C9H14N2O2S. The van der Waals surface area contributed by atoms with Gasteiger partial charge in [-0.1, -0.05) is 6.07 Å². The zero-order chi connectivity index (χ0) is 10.2. The van der Waals surface area contributed by atoms with Gasteiger partial charge in [0, 0.05) is 11.4 Å². The zero-order valence-electron chi connectivity index (χ0n) is 7.86. The molecule has 0 aliphatic carbocycles. The summed E-state index contributed by atoms with van der Waals surface area (Å²) in [5.74, 6) is 0. The van der Waals surface area contributed by atoms with Crippen molar-refractivity contribution < 1.29 is 9.53 Å². The van der Waals surface area contributed by atoms with E-state index in [-0.39, 0.29) is 6.09 Å². The Bertz CT molecular complexity index is 262. The molecule has 0 saturated carbocycles. The number of ether oxygens (including phenoxy) is 1. The van der Waals surface area contributed by atoms with Crippen LogP contribution < -0.4 is 11.1 Å². The van der Waals surface area contributed by atoms with Gasteiger partial charge >= 0.3 is 6.09 Å². The maximum Gasteiger partial charge on any atom is 0.407 e. The van der Waals surface area contributed by atoms with Crippen LogP contribution in [0, 0.1) is 0 Å². The maximum absolute atomic E-state index is 11.0. The number of alkyl carbamates (subject to hydrolysis) is 1. The van der Waals surface area contributed by atoms with Gasteiger partial charge in [-0.15, -0.1) is 11.3 Å². The van der Waals surface area contributed by atoms with Gasteiger partial charge in [-0.2, -0.15) is 0 Å². The second-order valence-electron chi connectivity index (χ2n) is 2.72. The lowest BCUT2D eigenvalue weighted by Crippen LogP contribution is -2.26. The average molecular weight is 214 g/mol. The molecular weight excluding hydrogens is 200 g/mol. The van der Waals surface area contributed by atoms with E-state index in [1.165, 1.54) is 0 Å². The van der Waals surface area contributed by atoms with Crippen molar-refractivity contribution in [3.8, 4) is 0 Å². The Morgan fingerprint density at radius 2 is 2.50 bits per heavy atom. The normalized spacial score (nSPS) is 9.79. The van der Waals surface area contributed by atoms with Gasteiger partial charge in [-0.3, -0.25) is 0 Å². The van der Waals surface area contributed by atoms with Crippen molar-refractivity contribution in [2.75, 3.05) is 13.1 Å². The summed E-state index contributed by atoms with van der Waals surface area (Å²) in [6, 6.07) is 3.85. The van der Waals surface area contributed by atoms with Gasteiger partial charge < -0.3 is 15.8 Å². The van der Waals surface area contributed by atoms with Crippen LogP contribution in [0.5, 0.6) is 0 Å². The lowest BCUT2D eigenvalue weighted by molar-refractivity contribution is 0.140. The number of rotatable bonds is 5. The summed E-state index contributed by atoms with van der Waals surface area (Å²) in [7, 11) is 0. The van der Waals surface area contributed by atoms with Gasteiger partial charge in [-0.05, 0) is 24.4 Å². The molecule has 0 saturated heterocycles. The third-order valence-electron chi connectivity index (χ3n) is 1.58. The summed E-state index contributed by atoms with van der Waals surface area (Å²) >= 11 is 1.57. The lowest BCUT2D eigenvalue weighted by Gasteiger charge is -2.04. The predicted octanol–water partition coefficient (Wildman–Crippen LogP) is 1.32. The predicted molar refractivity (Wildman–Crippen MR) is 56.2 cm³/mol. The van der Waals surface area contributed by atoms with Gasteiger partial charge in [0.2, 0.25) is 0 Å². The van der Waals surface area contributed by atoms with E-state index in [0.717, 1.165) is 11.3 Å². The summed E-state index contributed by atoms with van der Waals surface area (Å²) in [6.45, 7) is 1.48. The van der Waals surface area contributed by atoms with Crippen molar-refractivity contribution in [3.05, 3.63) is 22.4 Å². The molecule has 0 aromatic carbocycles.